The Morgan fingerprint density at radius 2 is 2.22 bits per heavy atom. The van der Waals surface area contributed by atoms with E-state index in [0.29, 0.717) is 17.8 Å². The molecule has 23 heavy (non-hydrogen) atoms. The van der Waals surface area contributed by atoms with Gasteiger partial charge in [-0.15, -0.1) is 0 Å². The minimum atomic E-state index is -3.13. The van der Waals surface area contributed by atoms with Gasteiger partial charge in [-0.1, -0.05) is 0 Å². The number of hydrogen-bond acceptors (Lipinski definition) is 6. The van der Waals surface area contributed by atoms with Crippen LogP contribution in [0.2, 0.25) is 0 Å². The fourth-order valence-corrected chi connectivity index (χ4v) is 4.46. The van der Waals surface area contributed by atoms with Crippen molar-refractivity contribution in [3.05, 3.63) is 24.5 Å². The molecule has 8 nitrogen and oxygen atoms in total. The van der Waals surface area contributed by atoms with Gasteiger partial charge in [-0.05, 0) is 25.5 Å². The Labute approximate surface area is 133 Å². The highest BCUT2D eigenvalue weighted by Gasteiger charge is 2.44. The predicted octanol–water partition coefficient (Wildman–Crippen LogP) is 0.0415. The zero-order valence-electron chi connectivity index (χ0n) is 12.5. The van der Waals surface area contributed by atoms with E-state index >= 15 is 0 Å². The Hall–Kier alpha value is -2.29. The zero-order chi connectivity index (χ0) is 16.6. The van der Waals surface area contributed by atoms with Gasteiger partial charge in [-0.2, -0.15) is 5.10 Å². The van der Waals surface area contributed by atoms with Gasteiger partial charge in [0.15, 0.2) is 15.8 Å². The van der Waals surface area contributed by atoms with Crippen LogP contribution in [0.15, 0.2) is 29.6 Å². The maximum absolute atomic E-state index is 12.5. The largest absolute Gasteiger partial charge is 0.324 e. The van der Waals surface area contributed by atoms with Gasteiger partial charge in [-0.25, -0.2) is 13.4 Å². The molecule has 0 spiro atoms. The number of anilines is 1. The first-order valence-corrected chi connectivity index (χ1v) is 8.99. The van der Waals surface area contributed by atoms with E-state index in [1.165, 1.54) is 6.20 Å². The van der Waals surface area contributed by atoms with Gasteiger partial charge in [0.2, 0.25) is 5.91 Å². The lowest BCUT2D eigenvalue weighted by Crippen LogP contribution is -2.40. The Morgan fingerprint density at radius 1 is 1.43 bits per heavy atom. The van der Waals surface area contributed by atoms with Crippen molar-refractivity contribution in [1.29, 1.82) is 0 Å². The van der Waals surface area contributed by atoms with Crippen molar-refractivity contribution < 1.29 is 18.0 Å². The van der Waals surface area contributed by atoms with Crippen LogP contribution in [0.3, 0.4) is 0 Å². The van der Waals surface area contributed by atoms with E-state index in [0.717, 1.165) is 5.01 Å². The monoisotopic (exact) mass is 336 g/mol. The quantitative estimate of drug-likeness (QED) is 0.784. The molecule has 2 aliphatic heterocycles. The lowest BCUT2D eigenvalue weighted by molar-refractivity contribution is -0.137. The molecule has 2 aliphatic rings. The molecule has 1 aromatic rings. The number of carbonyl (C=O) groups excluding carboxylic acids is 2. The van der Waals surface area contributed by atoms with Crippen LogP contribution in [0.25, 0.3) is 0 Å². The summed E-state index contributed by atoms with van der Waals surface area (Å²) in [6.45, 7) is 1.59. The van der Waals surface area contributed by atoms with E-state index in [1.54, 1.807) is 25.3 Å². The maximum Gasteiger partial charge on any atom is 0.261 e. The van der Waals surface area contributed by atoms with Gasteiger partial charge in [0, 0.05) is 6.20 Å². The van der Waals surface area contributed by atoms with Gasteiger partial charge in [0.25, 0.3) is 5.91 Å². The van der Waals surface area contributed by atoms with Crippen molar-refractivity contribution in [2.45, 2.75) is 19.4 Å². The van der Waals surface area contributed by atoms with Crippen molar-refractivity contribution in [2.24, 2.45) is 11.0 Å². The minimum absolute atomic E-state index is 0.0442. The van der Waals surface area contributed by atoms with Crippen molar-refractivity contribution in [2.75, 3.05) is 16.8 Å². The number of rotatable bonds is 3. The summed E-state index contributed by atoms with van der Waals surface area (Å²) in [5.74, 6) is -2.06. The number of nitrogens with zero attached hydrogens (tertiary/aromatic N) is 3. The first-order chi connectivity index (χ1) is 10.9. The number of pyridine rings is 1. The Kier molecular flexibility index (Phi) is 3.88. The summed E-state index contributed by atoms with van der Waals surface area (Å²) in [6, 6.07) is 2.85. The zero-order valence-corrected chi connectivity index (χ0v) is 13.3. The molecule has 2 atom stereocenters. The van der Waals surface area contributed by atoms with E-state index < -0.39 is 33.6 Å². The Bertz CT molecular complexity index is 775. The fraction of sp³-hybridized carbons (Fsp3) is 0.429. The first kappa shape index (κ1) is 15.6. The lowest BCUT2D eigenvalue weighted by Gasteiger charge is -2.19. The van der Waals surface area contributed by atoms with Crippen molar-refractivity contribution in [1.82, 2.24) is 9.99 Å². The molecule has 0 aliphatic carbocycles. The van der Waals surface area contributed by atoms with Crippen LogP contribution in [-0.4, -0.2) is 53.5 Å². The molecule has 0 saturated carbocycles. The lowest BCUT2D eigenvalue weighted by atomic mass is 10.0. The molecular weight excluding hydrogens is 320 g/mol. The molecule has 122 valence electrons. The summed E-state index contributed by atoms with van der Waals surface area (Å²) in [5.41, 5.74) is 0.848. The summed E-state index contributed by atoms with van der Waals surface area (Å²) in [5, 5.41) is 7.90. The average Bonchev–Trinajstić information content (AvgIpc) is 2.99. The highest BCUT2D eigenvalue weighted by Crippen LogP contribution is 2.25. The number of hydrogen-bond donors (Lipinski definition) is 1. The van der Waals surface area contributed by atoms with Gasteiger partial charge < -0.3 is 5.32 Å². The number of amides is 2. The third-order valence-corrected chi connectivity index (χ3v) is 5.65. The summed E-state index contributed by atoms with van der Waals surface area (Å²) >= 11 is 0. The Morgan fingerprint density at radius 3 is 2.83 bits per heavy atom. The summed E-state index contributed by atoms with van der Waals surface area (Å²) in [7, 11) is -3.13. The number of hydrazone groups is 1. The molecule has 1 N–H and O–H groups in total. The summed E-state index contributed by atoms with van der Waals surface area (Å²) in [4.78, 5) is 28.7. The third kappa shape index (κ3) is 3.09. The van der Waals surface area contributed by atoms with Gasteiger partial charge >= 0.3 is 0 Å². The second-order valence-electron chi connectivity index (χ2n) is 5.65. The molecule has 2 unspecified atom stereocenters. The van der Waals surface area contributed by atoms with Crippen LogP contribution < -0.4 is 5.32 Å². The molecule has 3 rings (SSSR count). The Balaban J connectivity index is 1.74. The smallest absolute Gasteiger partial charge is 0.261 e. The van der Waals surface area contributed by atoms with Crippen LogP contribution in [-0.2, 0) is 19.4 Å². The minimum Gasteiger partial charge on any atom is -0.324 e. The van der Waals surface area contributed by atoms with Crippen LogP contribution in [0.5, 0.6) is 0 Å². The highest BCUT2D eigenvalue weighted by atomic mass is 32.2. The molecule has 3 heterocycles. The van der Waals surface area contributed by atoms with Crippen LogP contribution in [0.1, 0.15) is 13.3 Å². The molecule has 1 aromatic heterocycles. The standard InChI is InChI=1S/C14H16N4O4S/c1-9-12(13(19)16-10-3-2-5-15-7-10)14(20)18(17-9)11-4-6-23(21,22)8-11/h2-3,5,7,11-12H,4,6,8H2,1H3,(H,16,19). The van der Waals surface area contributed by atoms with Gasteiger partial charge in [0.05, 0.1) is 35.1 Å². The number of sulfone groups is 1. The second-order valence-corrected chi connectivity index (χ2v) is 7.87. The molecule has 9 heteroatoms. The molecule has 2 amide bonds. The molecule has 0 aromatic carbocycles. The first-order valence-electron chi connectivity index (χ1n) is 7.17. The van der Waals surface area contributed by atoms with Crippen LogP contribution >= 0.6 is 0 Å². The third-order valence-electron chi connectivity index (χ3n) is 3.90. The van der Waals surface area contributed by atoms with E-state index in [2.05, 4.69) is 15.4 Å². The predicted molar refractivity (Wildman–Crippen MR) is 83.4 cm³/mol. The number of aromatic nitrogens is 1. The van der Waals surface area contributed by atoms with Crippen molar-refractivity contribution >= 4 is 33.1 Å². The summed E-state index contributed by atoms with van der Waals surface area (Å²) < 4.78 is 23.1. The van der Waals surface area contributed by atoms with E-state index in [-0.39, 0.29) is 11.5 Å². The van der Waals surface area contributed by atoms with Crippen LogP contribution in [0.4, 0.5) is 5.69 Å². The van der Waals surface area contributed by atoms with Crippen molar-refractivity contribution in [3.63, 3.8) is 0 Å². The summed E-state index contributed by atoms with van der Waals surface area (Å²) in [6.07, 6.45) is 3.40. The SMILES string of the molecule is CC1=NN(C2CCS(=O)(=O)C2)C(=O)C1C(=O)Nc1cccnc1. The second kappa shape index (κ2) is 5.73. The fourth-order valence-electron chi connectivity index (χ4n) is 2.77. The van der Waals surface area contributed by atoms with Gasteiger partial charge in [0.1, 0.15) is 0 Å². The molecule has 0 radical (unpaired) electrons. The van der Waals surface area contributed by atoms with Crippen molar-refractivity contribution in [3.8, 4) is 0 Å². The van der Waals surface area contributed by atoms with E-state index in [1.807, 2.05) is 0 Å². The van der Waals surface area contributed by atoms with E-state index in [9.17, 15) is 18.0 Å². The van der Waals surface area contributed by atoms with Gasteiger partial charge in [-0.3, -0.25) is 14.6 Å². The highest BCUT2D eigenvalue weighted by molar-refractivity contribution is 7.91. The molecule has 0 bridgehead atoms. The maximum atomic E-state index is 12.5. The normalized spacial score (nSPS) is 26.2. The average molecular weight is 336 g/mol. The number of nitrogens with one attached hydrogen (secondary N) is 1. The molecular formula is C14H16N4O4S. The molecule has 1 fully saturated rings. The number of carbonyl (C=O) groups is 2. The topological polar surface area (TPSA) is 109 Å². The molecule has 1 saturated heterocycles. The van der Waals surface area contributed by atoms with Crippen LogP contribution in [0, 0.1) is 5.92 Å². The van der Waals surface area contributed by atoms with E-state index in [4.69, 9.17) is 0 Å².